The quantitative estimate of drug-likeness (QED) is 0.393. The number of nitrogens with two attached hydrogens (primary N) is 1. The first-order valence-electron chi connectivity index (χ1n) is 6.07. The van der Waals surface area contributed by atoms with Gasteiger partial charge in [0.1, 0.15) is 12.4 Å². The van der Waals surface area contributed by atoms with Crippen LogP contribution in [0.1, 0.15) is 16.7 Å². The number of amidine groups is 1. The lowest BCUT2D eigenvalue weighted by Crippen LogP contribution is -2.15. The highest BCUT2D eigenvalue weighted by molar-refractivity contribution is 6.31. The van der Waals surface area contributed by atoms with Crippen LogP contribution in [0.15, 0.2) is 47.6 Å². The summed E-state index contributed by atoms with van der Waals surface area (Å²) in [5.41, 5.74) is 7.99. The molecule has 4 nitrogen and oxygen atoms in total. The van der Waals surface area contributed by atoms with E-state index in [2.05, 4.69) is 5.16 Å². The Kier molecular flexibility index (Phi) is 4.48. The van der Waals surface area contributed by atoms with Crippen LogP contribution >= 0.6 is 11.6 Å². The molecule has 0 aliphatic carbocycles. The minimum atomic E-state index is 0.0165. The van der Waals surface area contributed by atoms with Gasteiger partial charge < -0.3 is 15.7 Å². The first-order valence-corrected chi connectivity index (χ1v) is 6.45. The smallest absolute Gasteiger partial charge is 0.173 e. The van der Waals surface area contributed by atoms with Crippen LogP contribution < -0.4 is 10.5 Å². The first kappa shape index (κ1) is 14.2. The maximum atomic E-state index is 8.82. The zero-order chi connectivity index (χ0) is 14.5. The number of hydrogen-bond acceptors (Lipinski definition) is 3. The van der Waals surface area contributed by atoms with E-state index >= 15 is 0 Å². The third-order valence-electron chi connectivity index (χ3n) is 2.93. The normalized spacial score (nSPS) is 11.4. The van der Waals surface area contributed by atoms with Crippen molar-refractivity contribution in [1.29, 1.82) is 0 Å². The maximum absolute atomic E-state index is 8.82. The molecule has 2 rings (SSSR count). The van der Waals surface area contributed by atoms with E-state index in [0.29, 0.717) is 22.9 Å². The summed E-state index contributed by atoms with van der Waals surface area (Å²) in [6.45, 7) is 2.21. The Balaban J connectivity index is 2.28. The van der Waals surface area contributed by atoms with E-state index in [1.165, 1.54) is 0 Å². The van der Waals surface area contributed by atoms with Gasteiger partial charge in [0.25, 0.3) is 0 Å². The lowest BCUT2D eigenvalue weighted by molar-refractivity contribution is 0.301. The molecule has 0 fully saturated rings. The van der Waals surface area contributed by atoms with Crippen molar-refractivity contribution in [1.82, 2.24) is 0 Å². The molecule has 0 saturated carbocycles. The van der Waals surface area contributed by atoms with Crippen molar-refractivity contribution >= 4 is 17.4 Å². The summed E-state index contributed by atoms with van der Waals surface area (Å²) in [7, 11) is 0. The van der Waals surface area contributed by atoms with Gasteiger partial charge in [0.05, 0.1) is 5.56 Å². The minimum Gasteiger partial charge on any atom is -0.488 e. The molecule has 0 amide bonds. The van der Waals surface area contributed by atoms with Crippen LogP contribution in [0.5, 0.6) is 5.75 Å². The number of para-hydroxylation sites is 1. The Morgan fingerprint density at radius 2 is 2.00 bits per heavy atom. The number of oxime groups is 1. The van der Waals surface area contributed by atoms with E-state index in [1.807, 2.05) is 43.3 Å². The predicted octanol–water partition coefficient (Wildman–Crippen LogP) is 3.32. The van der Waals surface area contributed by atoms with Crippen LogP contribution in [-0.4, -0.2) is 11.0 Å². The van der Waals surface area contributed by atoms with Crippen molar-refractivity contribution in [3.8, 4) is 5.75 Å². The fourth-order valence-electron chi connectivity index (χ4n) is 1.86. The first-order chi connectivity index (χ1) is 9.63. The highest BCUT2D eigenvalue weighted by Crippen LogP contribution is 2.25. The fourth-order valence-corrected chi connectivity index (χ4v) is 2.06. The molecular weight excluding hydrogens is 276 g/mol. The molecule has 0 spiro atoms. The predicted molar refractivity (Wildman–Crippen MR) is 79.5 cm³/mol. The van der Waals surface area contributed by atoms with Crippen LogP contribution in [-0.2, 0) is 6.61 Å². The lowest BCUT2D eigenvalue weighted by atomic mass is 10.1. The number of benzene rings is 2. The average molecular weight is 291 g/mol. The largest absolute Gasteiger partial charge is 0.488 e. The standard InChI is InChI=1S/C15H15ClN2O2/c1-10-5-4-7-12(15(17)18-19)14(10)20-9-11-6-2-3-8-13(11)16/h2-8,19H,9H2,1H3,(H2,17,18). The highest BCUT2D eigenvalue weighted by Gasteiger charge is 2.11. The van der Waals surface area contributed by atoms with Gasteiger partial charge in [-0.15, -0.1) is 0 Å². The molecule has 0 bridgehead atoms. The summed E-state index contributed by atoms with van der Waals surface area (Å²) in [6, 6.07) is 12.9. The lowest BCUT2D eigenvalue weighted by Gasteiger charge is -2.14. The number of hydrogen-bond donors (Lipinski definition) is 2. The molecule has 0 radical (unpaired) electrons. The third kappa shape index (κ3) is 3.03. The third-order valence-corrected chi connectivity index (χ3v) is 3.29. The molecule has 0 aromatic heterocycles. The average Bonchev–Trinajstić information content (AvgIpc) is 2.46. The van der Waals surface area contributed by atoms with Gasteiger partial charge in [-0.05, 0) is 24.6 Å². The molecule has 0 atom stereocenters. The second-order valence-corrected chi connectivity index (χ2v) is 4.72. The molecule has 0 aliphatic rings. The molecule has 3 N–H and O–H groups in total. The molecule has 0 saturated heterocycles. The van der Waals surface area contributed by atoms with Gasteiger partial charge in [-0.25, -0.2) is 0 Å². The van der Waals surface area contributed by atoms with Crippen molar-refractivity contribution in [3.63, 3.8) is 0 Å². The topological polar surface area (TPSA) is 67.8 Å². The van der Waals surface area contributed by atoms with Crippen molar-refractivity contribution in [2.75, 3.05) is 0 Å². The van der Waals surface area contributed by atoms with Crippen molar-refractivity contribution in [2.45, 2.75) is 13.5 Å². The molecule has 2 aromatic rings. The number of rotatable bonds is 4. The SMILES string of the molecule is Cc1cccc(/C(N)=N/O)c1OCc1ccccc1Cl. The van der Waals surface area contributed by atoms with E-state index < -0.39 is 0 Å². The van der Waals surface area contributed by atoms with Crippen LogP contribution in [0.25, 0.3) is 0 Å². The summed E-state index contributed by atoms with van der Waals surface area (Å²) in [4.78, 5) is 0. The summed E-state index contributed by atoms with van der Waals surface area (Å²) in [6.07, 6.45) is 0. The van der Waals surface area contributed by atoms with Crippen LogP contribution in [0, 0.1) is 6.92 Å². The summed E-state index contributed by atoms with van der Waals surface area (Å²) < 4.78 is 5.80. The number of ether oxygens (including phenoxy) is 1. The van der Waals surface area contributed by atoms with E-state index in [0.717, 1.165) is 11.1 Å². The molecule has 0 aliphatic heterocycles. The van der Waals surface area contributed by atoms with Crippen LogP contribution in [0.4, 0.5) is 0 Å². The van der Waals surface area contributed by atoms with E-state index in [-0.39, 0.29) is 5.84 Å². The Hall–Kier alpha value is -2.20. The molecule has 0 heterocycles. The van der Waals surface area contributed by atoms with Gasteiger partial charge in [-0.2, -0.15) is 0 Å². The molecular formula is C15H15ClN2O2. The molecule has 2 aromatic carbocycles. The van der Waals surface area contributed by atoms with Gasteiger partial charge in [0.15, 0.2) is 5.84 Å². The number of nitrogens with zero attached hydrogens (tertiary/aromatic N) is 1. The fraction of sp³-hybridized carbons (Fsp3) is 0.133. The van der Waals surface area contributed by atoms with Crippen LogP contribution in [0.3, 0.4) is 0 Å². The van der Waals surface area contributed by atoms with Gasteiger partial charge in [-0.1, -0.05) is 47.1 Å². The molecule has 104 valence electrons. The monoisotopic (exact) mass is 290 g/mol. The number of halogens is 1. The van der Waals surface area contributed by atoms with Crippen LogP contribution in [0.2, 0.25) is 5.02 Å². The molecule has 20 heavy (non-hydrogen) atoms. The highest BCUT2D eigenvalue weighted by atomic mass is 35.5. The van der Waals surface area contributed by atoms with Gasteiger partial charge in [0.2, 0.25) is 0 Å². The summed E-state index contributed by atoms with van der Waals surface area (Å²) >= 11 is 6.09. The Morgan fingerprint density at radius 1 is 1.25 bits per heavy atom. The Labute approximate surface area is 122 Å². The van der Waals surface area contributed by atoms with Gasteiger partial charge >= 0.3 is 0 Å². The Bertz CT molecular complexity index is 642. The summed E-state index contributed by atoms with van der Waals surface area (Å²) in [5.74, 6) is 0.602. The minimum absolute atomic E-state index is 0.0165. The van der Waals surface area contributed by atoms with Crippen molar-refractivity contribution in [2.24, 2.45) is 10.9 Å². The van der Waals surface area contributed by atoms with Gasteiger partial charge in [0, 0.05) is 10.6 Å². The van der Waals surface area contributed by atoms with Crippen molar-refractivity contribution in [3.05, 3.63) is 64.2 Å². The molecule has 5 heteroatoms. The zero-order valence-corrected chi connectivity index (χ0v) is 11.8. The summed E-state index contributed by atoms with van der Waals surface area (Å²) in [5, 5.41) is 12.5. The van der Waals surface area contributed by atoms with E-state index in [4.69, 9.17) is 27.3 Å². The number of aryl methyl sites for hydroxylation is 1. The van der Waals surface area contributed by atoms with E-state index in [1.54, 1.807) is 6.07 Å². The maximum Gasteiger partial charge on any atom is 0.173 e. The van der Waals surface area contributed by atoms with Crippen molar-refractivity contribution < 1.29 is 9.94 Å². The van der Waals surface area contributed by atoms with Gasteiger partial charge in [-0.3, -0.25) is 0 Å². The second kappa shape index (κ2) is 6.30. The molecule has 0 unspecified atom stereocenters. The second-order valence-electron chi connectivity index (χ2n) is 4.32. The Morgan fingerprint density at radius 3 is 2.70 bits per heavy atom. The van der Waals surface area contributed by atoms with E-state index in [9.17, 15) is 0 Å². The zero-order valence-electron chi connectivity index (χ0n) is 11.0.